The van der Waals surface area contributed by atoms with Crippen LogP contribution in [0.2, 0.25) is 0 Å². The van der Waals surface area contributed by atoms with Crippen LogP contribution in [0.15, 0.2) is 54.6 Å². The van der Waals surface area contributed by atoms with Crippen molar-refractivity contribution in [1.29, 1.82) is 0 Å². The van der Waals surface area contributed by atoms with Crippen molar-refractivity contribution >= 4 is 6.08 Å². The van der Waals surface area contributed by atoms with E-state index in [1.54, 1.807) is 6.92 Å². The SMILES string of the molecule is C/C=C/c1ccc(-c2ccc(C(F)(F)Oc3cc(F)c(F)c(F)c3)cc2)c(F)c1F.CC.CC. The average molecular weight is 486 g/mol. The van der Waals surface area contributed by atoms with Gasteiger partial charge in [-0.3, -0.25) is 0 Å². The van der Waals surface area contributed by atoms with Crippen molar-refractivity contribution < 1.29 is 35.5 Å². The third-order valence-electron chi connectivity index (χ3n) is 4.19. The largest absolute Gasteiger partial charge is 0.429 e. The van der Waals surface area contributed by atoms with Crippen LogP contribution in [0.4, 0.5) is 30.7 Å². The highest BCUT2D eigenvalue weighted by atomic mass is 19.3. The van der Waals surface area contributed by atoms with E-state index in [9.17, 15) is 30.7 Å². The number of rotatable bonds is 5. The average Bonchev–Trinajstić information content (AvgIpc) is 2.83. The van der Waals surface area contributed by atoms with Gasteiger partial charge in [-0.25, -0.2) is 22.0 Å². The van der Waals surface area contributed by atoms with E-state index in [4.69, 9.17) is 0 Å². The molecular weight excluding hydrogens is 461 g/mol. The van der Waals surface area contributed by atoms with Crippen molar-refractivity contribution in [2.75, 3.05) is 0 Å². The smallest absolute Gasteiger partial charge is 0.426 e. The Balaban J connectivity index is 0.00000137. The minimum atomic E-state index is -4.03. The Hall–Kier alpha value is -3.29. The van der Waals surface area contributed by atoms with Gasteiger partial charge in [0.2, 0.25) is 0 Å². The van der Waals surface area contributed by atoms with Gasteiger partial charge in [0.1, 0.15) is 5.75 Å². The van der Waals surface area contributed by atoms with Gasteiger partial charge < -0.3 is 4.74 Å². The molecule has 184 valence electrons. The Labute approximate surface area is 194 Å². The number of hydrogen-bond acceptors (Lipinski definition) is 1. The molecule has 0 aliphatic rings. The van der Waals surface area contributed by atoms with Gasteiger partial charge in [-0.05, 0) is 24.6 Å². The van der Waals surface area contributed by atoms with Gasteiger partial charge in [0.05, 0.1) is 5.56 Å². The van der Waals surface area contributed by atoms with Gasteiger partial charge in [-0.1, -0.05) is 64.1 Å². The van der Waals surface area contributed by atoms with Crippen LogP contribution in [0, 0.1) is 29.1 Å². The van der Waals surface area contributed by atoms with E-state index in [0.717, 1.165) is 24.3 Å². The number of halogens is 7. The molecule has 0 N–H and O–H groups in total. The highest BCUT2D eigenvalue weighted by molar-refractivity contribution is 5.67. The van der Waals surface area contributed by atoms with E-state index in [2.05, 4.69) is 4.74 Å². The van der Waals surface area contributed by atoms with Crippen molar-refractivity contribution in [2.45, 2.75) is 40.7 Å². The lowest BCUT2D eigenvalue weighted by Crippen LogP contribution is -2.22. The fourth-order valence-corrected chi connectivity index (χ4v) is 2.74. The highest BCUT2D eigenvalue weighted by Crippen LogP contribution is 2.34. The van der Waals surface area contributed by atoms with Crippen molar-refractivity contribution in [1.82, 2.24) is 0 Å². The zero-order valence-electron chi connectivity index (χ0n) is 19.3. The van der Waals surface area contributed by atoms with Crippen molar-refractivity contribution in [3.05, 3.63) is 94.8 Å². The number of ether oxygens (including phenoxy) is 1. The highest BCUT2D eigenvalue weighted by Gasteiger charge is 2.35. The van der Waals surface area contributed by atoms with E-state index < -0.39 is 46.5 Å². The second-order valence-electron chi connectivity index (χ2n) is 6.23. The Morgan fingerprint density at radius 3 is 1.74 bits per heavy atom. The van der Waals surface area contributed by atoms with Gasteiger partial charge in [0.15, 0.2) is 29.1 Å². The summed E-state index contributed by atoms with van der Waals surface area (Å²) in [5, 5.41) is 0. The second kappa shape index (κ2) is 12.8. The number of alkyl halides is 2. The van der Waals surface area contributed by atoms with Gasteiger partial charge in [0, 0.05) is 23.3 Å². The molecule has 0 spiro atoms. The van der Waals surface area contributed by atoms with Crippen LogP contribution in [-0.2, 0) is 6.11 Å². The molecule has 8 heteroatoms. The summed E-state index contributed by atoms with van der Waals surface area (Å²) in [7, 11) is 0. The number of hydrogen-bond donors (Lipinski definition) is 0. The molecule has 0 aromatic heterocycles. The molecule has 3 aromatic rings. The molecular formula is C26H25F7O. The molecule has 0 aliphatic carbocycles. The quantitative estimate of drug-likeness (QED) is 0.258. The molecule has 34 heavy (non-hydrogen) atoms. The maximum atomic E-state index is 14.3. The maximum absolute atomic E-state index is 14.3. The van der Waals surface area contributed by atoms with E-state index in [-0.39, 0.29) is 28.8 Å². The van der Waals surface area contributed by atoms with E-state index in [1.807, 2.05) is 27.7 Å². The first-order valence-electron chi connectivity index (χ1n) is 10.6. The van der Waals surface area contributed by atoms with Crippen LogP contribution >= 0.6 is 0 Å². The molecule has 0 bridgehead atoms. The lowest BCUT2D eigenvalue weighted by Gasteiger charge is -2.19. The fraction of sp³-hybridized carbons (Fsp3) is 0.231. The third kappa shape index (κ3) is 6.62. The summed E-state index contributed by atoms with van der Waals surface area (Å²) in [5.41, 5.74) is -0.701. The zero-order chi connectivity index (χ0) is 26.1. The Bertz CT molecular complexity index is 1080. The van der Waals surface area contributed by atoms with Crippen LogP contribution in [0.5, 0.6) is 5.75 Å². The van der Waals surface area contributed by atoms with Crippen LogP contribution in [-0.4, -0.2) is 0 Å². The summed E-state index contributed by atoms with van der Waals surface area (Å²) in [6.07, 6.45) is -1.12. The molecule has 0 unspecified atom stereocenters. The summed E-state index contributed by atoms with van der Waals surface area (Å²) < 4.78 is 101. The molecule has 0 saturated carbocycles. The topological polar surface area (TPSA) is 9.23 Å². The van der Waals surface area contributed by atoms with Crippen LogP contribution < -0.4 is 4.74 Å². The molecule has 3 aromatic carbocycles. The molecule has 0 aliphatic heterocycles. The van der Waals surface area contributed by atoms with E-state index >= 15 is 0 Å². The van der Waals surface area contributed by atoms with Crippen LogP contribution in [0.1, 0.15) is 45.7 Å². The van der Waals surface area contributed by atoms with Crippen LogP contribution in [0.3, 0.4) is 0 Å². The van der Waals surface area contributed by atoms with Crippen molar-refractivity contribution in [2.24, 2.45) is 0 Å². The van der Waals surface area contributed by atoms with Gasteiger partial charge >= 0.3 is 6.11 Å². The lowest BCUT2D eigenvalue weighted by atomic mass is 10.0. The molecule has 0 radical (unpaired) electrons. The first-order chi connectivity index (χ1) is 16.1. The van der Waals surface area contributed by atoms with Gasteiger partial charge in [0.25, 0.3) is 0 Å². The molecule has 0 amide bonds. The van der Waals surface area contributed by atoms with Gasteiger partial charge in [-0.2, -0.15) is 8.78 Å². The molecule has 0 heterocycles. The number of allylic oxidation sites excluding steroid dienone is 1. The maximum Gasteiger partial charge on any atom is 0.426 e. The second-order valence-corrected chi connectivity index (χ2v) is 6.23. The van der Waals surface area contributed by atoms with Crippen molar-refractivity contribution in [3.63, 3.8) is 0 Å². The fourth-order valence-electron chi connectivity index (χ4n) is 2.74. The van der Waals surface area contributed by atoms with Crippen LogP contribution in [0.25, 0.3) is 17.2 Å². The summed E-state index contributed by atoms with van der Waals surface area (Å²) in [6.45, 7) is 9.64. The van der Waals surface area contributed by atoms with Gasteiger partial charge in [-0.15, -0.1) is 0 Å². The lowest BCUT2D eigenvalue weighted by molar-refractivity contribution is -0.185. The summed E-state index contributed by atoms with van der Waals surface area (Å²) >= 11 is 0. The monoisotopic (exact) mass is 486 g/mol. The van der Waals surface area contributed by atoms with Crippen molar-refractivity contribution in [3.8, 4) is 16.9 Å². The summed E-state index contributed by atoms with van der Waals surface area (Å²) in [4.78, 5) is 0. The molecule has 0 fully saturated rings. The Morgan fingerprint density at radius 1 is 0.706 bits per heavy atom. The summed E-state index contributed by atoms with van der Waals surface area (Å²) in [6, 6.07) is 7.23. The molecule has 0 saturated heterocycles. The predicted octanol–water partition coefficient (Wildman–Crippen LogP) is 9.26. The van der Waals surface area contributed by atoms with E-state index in [0.29, 0.717) is 0 Å². The molecule has 3 rings (SSSR count). The first-order valence-corrected chi connectivity index (χ1v) is 10.6. The Morgan fingerprint density at radius 2 is 1.24 bits per heavy atom. The van der Waals surface area contributed by atoms with E-state index in [1.165, 1.54) is 24.3 Å². The Kier molecular flexibility index (Phi) is 10.8. The number of benzene rings is 3. The first kappa shape index (κ1) is 28.7. The minimum Gasteiger partial charge on any atom is -0.429 e. The third-order valence-corrected chi connectivity index (χ3v) is 4.19. The minimum absolute atomic E-state index is 0.0362. The summed E-state index contributed by atoms with van der Waals surface area (Å²) in [5.74, 6) is -8.33. The zero-order valence-corrected chi connectivity index (χ0v) is 19.3. The predicted molar refractivity (Wildman–Crippen MR) is 120 cm³/mol. The molecule has 0 atom stereocenters. The molecule has 1 nitrogen and oxygen atoms in total. The normalized spacial score (nSPS) is 10.8. The standard InChI is InChI=1S/C22H13F7O.2C2H6/c1-2-3-13-6-9-16(20(26)19(13)25)12-4-7-14(8-5-12)22(28,29)30-15-10-17(23)21(27)18(24)11-15;2*1-2/h2-11H,1H3;2*1-2H3/b3-2+;;.